The minimum atomic E-state index is -4.18. The zero-order valence-corrected chi connectivity index (χ0v) is 7.90. The van der Waals surface area contributed by atoms with Crippen LogP contribution >= 0.6 is 0 Å². The van der Waals surface area contributed by atoms with Gasteiger partial charge in [0.25, 0.3) is 0 Å². The molecule has 0 N–H and O–H groups in total. The maximum atomic E-state index is 12.0. The number of allylic oxidation sites excluding steroid dienone is 1. The van der Waals surface area contributed by atoms with Crippen molar-refractivity contribution in [3.63, 3.8) is 0 Å². The normalized spacial score (nSPS) is 23.1. The Hall–Kier alpha value is -0.840. The third kappa shape index (κ3) is 3.14. The van der Waals surface area contributed by atoms with Crippen LogP contribution in [0, 0.1) is 0 Å². The van der Waals surface area contributed by atoms with Crippen molar-refractivity contribution in [3.8, 4) is 0 Å². The summed E-state index contributed by atoms with van der Waals surface area (Å²) >= 11 is 0. The predicted molar refractivity (Wildman–Crippen MR) is 45.9 cm³/mol. The van der Waals surface area contributed by atoms with Gasteiger partial charge in [0.2, 0.25) is 0 Å². The first kappa shape index (κ1) is 11.2. The summed E-state index contributed by atoms with van der Waals surface area (Å²) in [5.74, 6) is -0.0362. The van der Waals surface area contributed by atoms with Crippen LogP contribution in [0.5, 0.6) is 0 Å². The second kappa shape index (κ2) is 4.13. The summed E-state index contributed by atoms with van der Waals surface area (Å²) in [6.45, 7) is 1.06. The highest BCUT2D eigenvalue weighted by Crippen LogP contribution is 2.20. The van der Waals surface area contributed by atoms with Crippen molar-refractivity contribution in [2.24, 2.45) is 0 Å². The first-order chi connectivity index (χ1) is 6.42. The summed E-state index contributed by atoms with van der Waals surface area (Å²) in [6, 6.07) is 0. The lowest BCUT2D eigenvalue weighted by molar-refractivity contribution is -0.148. The van der Waals surface area contributed by atoms with Crippen LogP contribution in [0.15, 0.2) is 11.6 Å². The Morgan fingerprint density at radius 3 is 2.64 bits per heavy atom. The number of Topliss-reactive ketones (excluding diaryl/α,β-unsaturated/α-hetero) is 1. The highest BCUT2D eigenvalue weighted by molar-refractivity contribution is 5.96. The van der Waals surface area contributed by atoms with Gasteiger partial charge in [0.1, 0.15) is 0 Å². The van der Waals surface area contributed by atoms with Crippen LogP contribution in [0.1, 0.15) is 13.3 Å². The van der Waals surface area contributed by atoms with Crippen LogP contribution in [0.3, 0.4) is 0 Å². The zero-order chi connectivity index (χ0) is 10.8. The van der Waals surface area contributed by atoms with E-state index in [-0.39, 0.29) is 25.3 Å². The molecular formula is C9H12F3NO. The van der Waals surface area contributed by atoms with Gasteiger partial charge in [0, 0.05) is 25.1 Å². The quantitative estimate of drug-likeness (QED) is 0.611. The second-order valence-corrected chi connectivity index (χ2v) is 3.31. The number of carbonyl (C=O) groups is 1. The lowest BCUT2D eigenvalue weighted by Gasteiger charge is -2.28. The molecule has 14 heavy (non-hydrogen) atoms. The monoisotopic (exact) mass is 207 g/mol. The number of ketones is 1. The Balaban J connectivity index is 2.56. The number of piperidine rings is 1. The summed E-state index contributed by atoms with van der Waals surface area (Å²) in [7, 11) is 0. The Bertz CT molecular complexity index is 257. The lowest BCUT2D eigenvalue weighted by atomic mass is 10.0. The molecule has 0 atom stereocenters. The van der Waals surface area contributed by atoms with Crippen molar-refractivity contribution in [2.45, 2.75) is 19.5 Å². The second-order valence-electron chi connectivity index (χ2n) is 3.31. The minimum Gasteiger partial charge on any atom is -0.294 e. The molecule has 0 saturated carbocycles. The first-order valence-corrected chi connectivity index (χ1v) is 4.40. The van der Waals surface area contributed by atoms with E-state index in [9.17, 15) is 18.0 Å². The summed E-state index contributed by atoms with van der Waals surface area (Å²) in [6.07, 6.45) is -2.40. The van der Waals surface area contributed by atoms with Gasteiger partial charge in [-0.05, 0) is 6.92 Å². The molecule has 0 amide bonds. The SMILES string of the molecule is C/C=C1\CN(CC(F)(F)F)CCC1=O. The molecule has 0 aromatic carbocycles. The maximum Gasteiger partial charge on any atom is 0.401 e. The fourth-order valence-electron chi connectivity index (χ4n) is 1.47. The highest BCUT2D eigenvalue weighted by atomic mass is 19.4. The van der Waals surface area contributed by atoms with Crippen molar-refractivity contribution >= 4 is 5.78 Å². The van der Waals surface area contributed by atoms with Crippen molar-refractivity contribution in [1.82, 2.24) is 4.90 Å². The highest BCUT2D eigenvalue weighted by Gasteiger charge is 2.33. The van der Waals surface area contributed by atoms with Crippen LogP contribution < -0.4 is 0 Å². The molecule has 0 bridgehead atoms. The largest absolute Gasteiger partial charge is 0.401 e. The van der Waals surface area contributed by atoms with Crippen molar-refractivity contribution in [1.29, 1.82) is 0 Å². The van der Waals surface area contributed by atoms with Gasteiger partial charge in [-0.1, -0.05) is 6.08 Å². The Morgan fingerprint density at radius 1 is 1.50 bits per heavy atom. The van der Waals surface area contributed by atoms with Crippen LogP contribution in [0.25, 0.3) is 0 Å². The Kier molecular flexibility index (Phi) is 3.31. The van der Waals surface area contributed by atoms with E-state index in [2.05, 4.69) is 0 Å². The fraction of sp³-hybridized carbons (Fsp3) is 0.667. The van der Waals surface area contributed by atoms with Crippen molar-refractivity contribution in [2.75, 3.05) is 19.6 Å². The smallest absolute Gasteiger partial charge is 0.294 e. The van der Waals surface area contributed by atoms with Gasteiger partial charge in [-0.25, -0.2) is 0 Å². The van der Waals surface area contributed by atoms with Gasteiger partial charge in [-0.3, -0.25) is 9.69 Å². The molecule has 80 valence electrons. The molecule has 1 aliphatic heterocycles. The molecule has 5 heteroatoms. The third-order valence-corrected chi connectivity index (χ3v) is 2.16. The van der Waals surface area contributed by atoms with Gasteiger partial charge in [0.05, 0.1) is 6.54 Å². The molecule has 1 heterocycles. The average Bonchev–Trinajstić information content (AvgIpc) is 2.06. The molecule has 1 fully saturated rings. The van der Waals surface area contributed by atoms with Crippen molar-refractivity contribution in [3.05, 3.63) is 11.6 Å². The molecule has 1 aliphatic rings. The summed E-state index contributed by atoms with van der Waals surface area (Å²) in [5, 5.41) is 0. The van der Waals surface area contributed by atoms with E-state index in [4.69, 9.17) is 0 Å². The average molecular weight is 207 g/mol. The number of carbonyl (C=O) groups excluding carboxylic acids is 1. The van der Waals surface area contributed by atoms with Gasteiger partial charge in [-0.15, -0.1) is 0 Å². The molecule has 1 saturated heterocycles. The molecule has 0 unspecified atom stereocenters. The van der Waals surface area contributed by atoms with E-state index in [1.54, 1.807) is 13.0 Å². The van der Waals surface area contributed by atoms with Crippen LogP contribution in [-0.4, -0.2) is 36.5 Å². The standard InChI is InChI=1S/C9H12F3NO/c1-2-7-5-13(4-3-8(7)14)6-9(10,11)12/h2H,3-6H2,1H3/b7-2+. The zero-order valence-electron chi connectivity index (χ0n) is 7.90. The van der Waals surface area contributed by atoms with Gasteiger partial charge >= 0.3 is 6.18 Å². The van der Waals surface area contributed by atoms with E-state index in [0.29, 0.717) is 5.57 Å². The maximum absolute atomic E-state index is 12.0. The van der Waals surface area contributed by atoms with E-state index in [0.717, 1.165) is 0 Å². The topological polar surface area (TPSA) is 20.3 Å². The van der Waals surface area contributed by atoms with E-state index in [1.165, 1.54) is 4.90 Å². The molecule has 0 radical (unpaired) electrons. The van der Waals surface area contributed by atoms with E-state index < -0.39 is 12.7 Å². The Morgan fingerprint density at radius 2 is 2.14 bits per heavy atom. The molecular weight excluding hydrogens is 195 g/mol. The molecule has 0 aromatic rings. The number of hydrogen-bond acceptors (Lipinski definition) is 2. The van der Waals surface area contributed by atoms with E-state index >= 15 is 0 Å². The number of nitrogens with zero attached hydrogens (tertiary/aromatic N) is 1. The molecule has 0 spiro atoms. The number of halogens is 3. The molecule has 0 aliphatic carbocycles. The Labute approximate surface area is 80.4 Å². The predicted octanol–water partition coefficient (Wildman–Crippen LogP) is 1.77. The van der Waals surface area contributed by atoms with Crippen molar-refractivity contribution < 1.29 is 18.0 Å². The lowest BCUT2D eigenvalue weighted by Crippen LogP contribution is -2.41. The van der Waals surface area contributed by atoms with Crippen LogP contribution in [-0.2, 0) is 4.79 Å². The summed E-state index contributed by atoms with van der Waals surface area (Å²) < 4.78 is 36.1. The minimum absolute atomic E-state index is 0.0362. The van der Waals surface area contributed by atoms with Gasteiger partial charge in [-0.2, -0.15) is 13.2 Å². The number of hydrogen-bond donors (Lipinski definition) is 0. The van der Waals surface area contributed by atoms with Gasteiger partial charge < -0.3 is 0 Å². The fourth-order valence-corrected chi connectivity index (χ4v) is 1.47. The first-order valence-electron chi connectivity index (χ1n) is 4.40. The number of rotatable bonds is 1. The molecule has 2 nitrogen and oxygen atoms in total. The molecule has 1 rings (SSSR count). The number of alkyl halides is 3. The van der Waals surface area contributed by atoms with Crippen LogP contribution in [0.2, 0.25) is 0 Å². The molecule has 0 aromatic heterocycles. The third-order valence-electron chi connectivity index (χ3n) is 2.16. The summed E-state index contributed by atoms with van der Waals surface area (Å²) in [5.41, 5.74) is 0.487. The van der Waals surface area contributed by atoms with Gasteiger partial charge in [0.15, 0.2) is 5.78 Å². The number of likely N-dealkylation sites (tertiary alicyclic amines) is 1. The summed E-state index contributed by atoms with van der Waals surface area (Å²) in [4.78, 5) is 12.4. The van der Waals surface area contributed by atoms with Crippen LogP contribution in [0.4, 0.5) is 13.2 Å². The van der Waals surface area contributed by atoms with E-state index in [1.807, 2.05) is 0 Å².